The number of nitrogens with one attached hydrogen (secondary N) is 3. The van der Waals surface area contributed by atoms with E-state index in [0.717, 1.165) is 5.56 Å². The summed E-state index contributed by atoms with van der Waals surface area (Å²) in [5.41, 5.74) is 3.04. The molecule has 2 amide bonds. The van der Waals surface area contributed by atoms with E-state index in [4.69, 9.17) is 4.74 Å². The quantitative estimate of drug-likeness (QED) is 0.686. The molecule has 1 aliphatic heterocycles. The second kappa shape index (κ2) is 6.12. The Morgan fingerprint density at radius 1 is 1.12 bits per heavy atom. The Labute approximate surface area is 143 Å². The molecule has 0 atom stereocenters. The standard InChI is InChI=1S/C18H14N4O3/c23-17-10-25-16-7-6-12(8-14(16)20-17)19-18(24)15-9-13(21-22-15)11-4-2-1-3-5-11/h1-9H,10H2,(H,19,24)(H,20,23)(H,21,22). The number of ether oxygens (including phenoxy) is 1. The van der Waals surface area contributed by atoms with Crippen LogP contribution in [0.1, 0.15) is 10.5 Å². The van der Waals surface area contributed by atoms with Crippen molar-refractivity contribution in [2.24, 2.45) is 0 Å². The first kappa shape index (κ1) is 14.9. The van der Waals surface area contributed by atoms with Crippen molar-refractivity contribution in [3.63, 3.8) is 0 Å². The maximum Gasteiger partial charge on any atom is 0.273 e. The van der Waals surface area contributed by atoms with Crippen LogP contribution in [0, 0.1) is 0 Å². The first-order valence-electron chi connectivity index (χ1n) is 7.68. The van der Waals surface area contributed by atoms with Crippen LogP contribution in [0.25, 0.3) is 11.3 Å². The largest absolute Gasteiger partial charge is 0.482 e. The second-order valence-electron chi connectivity index (χ2n) is 5.53. The van der Waals surface area contributed by atoms with Gasteiger partial charge in [-0.1, -0.05) is 30.3 Å². The minimum Gasteiger partial charge on any atom is -0.482 e. The summed E-state index contributed by atoms with van der Waals surface area (Å²) in [7, 11) is 0. The minimum atomic E-state index is -0.322. The van der Waals surface area contributed by atoms with Gasteiger partial charge in [0.15, 0.2) is 6.61 Å². The van der Waals surface area contributed by atoms with Crippen LogP contribution >= 0.6 is 0 Å². The van der Waals surface area contributed by atoms with E-state index in [-0.39, 0.29) is 18.4 Å². The molecule has 0 bridgehead atoms. The number of hydrogen-bond acceptors (Lipinski definition) is 4. The summed E-state index contributed by atoms with van der Waals surface area (Å²) < 4.78 is 5.29. The highest BCUT2D eigenvalue weighted by Gasteiger charge is 2.17. The van der Waals surface area contributed by atoms with Crippen LogP contribution in [0.15, 0.2) is 54.6 Å². The zero-order chi connectivity index (χ0) is 17.2. The normalized spacial score (nSPS) is 12.7. The molecule has 7 heteroatoms. The molecule has 7 nitrogen and oxygen atoms in total. The zero-order valence-electron chi connectivity index (χ0n) is 13.1. The molecule has 0 unspecified atom stereocenters. The molecule has 4 rings (SSSR count). The van der Waals surface area contributed by atoms with Gasteiger partial charge in [0.25, 0.3) is 11.8 Å². The first-order valence-corrected chi connectivity index (χ1v) is 7.68. The molecule has 124 valence electrons. The van der Waals surface area contributed by atoms with Gasteiger partial charge in [0, 0.05) is 11.3 Å². The number of anilines is 2. The van der Waals surface area contributed by atoms with E-state index in [0.29, 0.717) is 28.5 Å². The van der Waals surface area contributed by atoms with Crippen molar-refractivity contribution in [3.05, 3.63) is 60.3 Å². The monoisotopic (exact) mass is 334 g/mol. The van der Waals surface area contributed by atoms with Gasteiger partial charge in [0.2, 0.25) is 0 Å². The van der Waals surface area contributed by atoms with Gasteiger partial charge in [0.05, 0.1) is 11.4 Å². The molecule has 25 heavy (non-hydrogen) atoms. The Morgan fingerprint density at radius 2 is 1.96 bits per heavy atom. The number of carbonyl (C=O) groups excluding carboxylic acids is 2. The van der Waals surface area contributed by atoms with Gasteiger partial charge in [-0.2, -0.15) is 5.10 Å². The summed E-state index contributed by atoms with van der Waals surface area (Å²) in [6.45, 7) is -0.00485. The van der Waals surface area contributed by atoms with E-state index in [1.807, 2.05) is 30.3 Å². The molecule has 2 aromatic carbocycles. The number of aromatic nitrogens is 2. The Bertz CT molecular complexity index is 950. The van der Waals surface area contributed by atoms with Crippen LogP contribution in [0.3, 0.4) is 0 Å². The molecule has 1 aliphatic rings. The first-order chi connectivity index (χ1) is 12.2. The average Bonchev–Trinajstić information content (AvgIpc) is 3.12. The van der Waals surface area contributed by atoms with Gasteiger partial charge >= 0.3 is 0 Å². The van der Waals surface area contributed by atoms with Crippen molar-refractivity contribution in [1.29, 1.82) is 0 Å². The Morgan fingerprint density at radius 3 is 2.80 bits per heavy atom. The second-order valence-corrected chi connectivity index (χ2v) is 5.53. The minimum absolute atomic E-state index is 0.00485. The molecule has 3 aromatic rings. The number of H-pyrrole nitrogens is 1. The SMILES string of the molecule is O=C1COc2ccc(NC(=O)c3cc(-c4ccccc4)n[nH]3)cc2N1. The molecule has 0 aliphatic carbocycles. The number of benzene rings is 2. The molecular formula is C18H14N4O3. The van der Waals surface area contributed by atoms with Crippen LogP contribution in [0.5, 0.6) is 5.75 Å². The predicted octanol–water partition coefficient (Wildman–Crippen LogP) is 2.66. The third-order valence-electron chi connectivity index (χ3n) is 3.76. The summed E-state index contributed by atoms with van der Waals surface area (Å²) in [5.74, 6) is 0.0280. The third kappa shape index (κ3) is 3.07. The van der Waals surface area contributed by atoms with Gasteiger partial charge in [-0.3, -0.25) is 14.7 Å². The highest BCUT2D eigenvalue weighted by atomic mass is 16.5. The number of rotatable bonds is 3. The van der Waals surface area contributed by atoms with E-state index >= 15 is 0 Å². The van der Waals surface area contributed by atoms with E-state index in [1.54, 1.807) is 24.3 Å². The van der Waals surface area contributed by atoms with Gasteiger partial charge in [-0.15, -0.1) is 0 Å². The fraction of sp³-hybridized carbons (Fsp3) is 0.0556. The maximum absolute atomic E-state index is 12.4. The van der Waals surface area contributed by atoms with Crippen LogP contribution in [-0.4, -0.2) is 28.6 Å². The Balaban J connectivity index is 1.52. The fourth-order valence-corrected chi connectivity index (χ4v) is 2.55. The lowest BCUT2D eigenvalue weighted by Gasteiger charge is -2.18. The summed E-state index contributed by atoms with van der Waals surface area (Å²) in [6, 6.07) is 16.3. The molecule has 0 fully saturated rings. The van der Waals surface area contributed by atoms with Gasteiger partial charge in [0.1, 0.15) is 11.4 Å². The molecule has 0 radical (unpaired) electrons. The van der Waals surface area contributed by atoms with Crippen molar-refractivity contribution >= 4 is 23.2 Å². The highest BCUT2D eigenvalue weighted by molar-refractivity contribution is 6.04. The number of carbonyl (C=O) groups is 2. The summed E-state index contributed by atoms with van der Waals surface area (Å²) >= 11 is 0. The maximum atomic E-state index is 12.4. The van der Waals surface area contributed by atoms with Crippen molar-refractivity contribution in [2.75, 3.05) is 17.2 Å². The Hall–Kier alpha value is -3.61. The van der Waals surface area contributed by atoms with Gasteiger partial charge in [-0.05, 0) is 24.3 Å². The zero-order valence-corrected chi connectivity index (χ0v) is 13.1. The third-order valence-corrected chi connectivity index (χ3v) is 3.76. The lowest BCUT2D eigenvalue weighted by Crippen LogP contribution is -2.25. The van der Waals surface area contributed by atoms with E-state index in [2.05, 4.69) is 20.8 Å². The lowest BCUT2D eigenvalue weighted by atomic mass is 10.1. The van der Waals surface area contributed by atoms with Crippen molar-refractivity contribution in [1.82, 2.24) is 10.2 Å². The summed E-state index contributed by atoms with van der Waals surface area (Å²) in [6.07, 6.45) is 0. The fourth-order valence-electron chi connectivity index (χ4n) is 2.55. The van der Waals surface area contributed by atoms with Crippen LogP contribution in [0.4, 0.5) is 11.4 Å². The number of aromatic amines is 1. The molecular weight excluding hydrogens is 320 g/mol. The van der Waals surface area contributed by atoms with Crippen LogP contribution < -0.4 is 15.4 Å². The highest BCUT2D eigenvalue weighted by Crippen LogP contribution is 2.30. The van der Waals surface area contributed by atoms with E-state index in [1.165, 1.54) is 0 Å². The van der Waals surface area contributed by atoms with Gasteiger partial charge < -0.3 is 15.4 Å². The average molecular weight is 334 g/mol. The van der Waals surface area contributed by atoms with Crippen molar-refractivity contribution < 1.29 is 14.3 Å². The number of fused-ring (bicyclic) bond motifs is 1. The summed E-state index contributed by atoms with van der Waals surface area (Å²) in [5, 5.41) is 12.4. The smallest absolute Gasteiger partial charge is 0.273 e. The van der Waals surface area contributed by atoms with Crippen molar-refractivity contribution in [3.8, 4) is 17.0 Å². The Kier molecular flexibility index (Phi) is 3.66. The molecule has 1 aromatic heterocycles. The number of nitrogens with zero attached hydrogens (tertiary/aromatic N) is 1. The molecule has 0 spiro atoms. The topological polar surface area (TPSA) is 96.1 Å². The van der Waals surface area contributed by atoms with E-state index in [9.17, 15) is 9.59 Å². The molecule has 2 heterocycles. The summed E-state index contributed by atoms with van der Waals surface area (Å²) in [4.78, 5) is 23.8. The van der Waals surface area contributed by atoms with E-state index < -0.39 is 0 Å². The van der Waals surface area contributed by atoms with Crippen molar-refractivity contribution in [2.45, 2.75) is 0 Å². The number of hydrogen-bond donors (Lipinski definition) is 3. The molecule has 0 saturated carbocycles. The predicted molar refractivity (Wildman–Crippen MR) is 92.5 cm³/mol. The lowest BCUT2D eigenvalue weighted by molar-refractivity contribution is -0.118. The molecule has 0 saturated heterocycles. The molecule has 3 N–H and O–H groups in total. The number of amides is 2. The van der Waals surface area contributed by atoms with Crippen LogP contribution in [-0.2, 0) is 4.79 Å². The van der Waals surface area contributed by atoms with Gasteiger partial charge in [-0.25, -0.2) is 0 Å². The van der Waals surface area contributed by atoms with Crippen LogP contribution in [0.2, 0.25) is 0 Å².